The first-order valence-electron chi connectivity index (χ1n) is 6.90. The number of anilines is 1. The van der Waals surface area contributed by atoms with Gasteiger partial charge in [-0.05, 0) is 43.2 Å². The molecule has 3 atom stereocenters. The summed E-state index contributed by atoms with van der Waals surface area (Å²) in [6, 6.07) is 3.01. The number of aromatic nitrogens is 1. The van der Waals surface area contributed by atoms with Crippen molar-refractivity contribution >= 4 is 21.4 Å². The van der Waals surface area contributed by atoms with E-state index in [1.165, 1.54) is 25.1 Å². The maximum Gasteiger partial charge on any atom is 0.227 e. The fraction of sp³-hybridized carbons (Fsp3) is 0.571. The molecule has 2 bridgehead atoms. The predicted octanol–water partition coefficient (Wildman–Crippen LogP) is 1.86. The second kappa shape index (κ2) is 4.84. The molecular weight excluding hydrogens is 276 g/mol. The standard InChI is InChI=1S/C14H18N2O3S/c1-20(18,19)13-5-4-11(8-15-13)16-14(17)12-7-9-2-3-10(12)6-9/h4-5,8-10,12H,2-3,6-7H2,1H3,(H,16,17). The highest BCUT2D eigenvalue weighted by Gasteiger charge is 2.42. The lowest BCUT2D eigenvalue weighted by atomic mass is 9.88. The molecule has 1 aromatic heterocycles. The summed E-state index contributed by atoms with van der Waals surface area (Å²) in [5, 5.41) is 2.87. The Balaban J connectivity index is 1.67. The molecule has 2 aliphatic rings. The van der Waals surface area contributed by atoms with E-state index in [4.69, 9.17) is 0 Å². The second-order valence-corrected chi connectivity index (χ2v) is 7.89. The molecule has 0 aromatic carbocycles. The van der Waals surface area contributed by atoms with Gasteiger partial charge < -0.3 is 5.32 Å². The van der Waals surface area contributed by atoms with Crippen LogP contribution in [0.1, 0.15) is 25.7 Å². The van der Waals surface area contributed by atoms with Gasteiger partial charge in [-0.3, -0.25) is 4.79 Å². The van der Waals surface area contributed by atoms with E-state index in [0.717, 1.165) is 25.0 Å². The highest BCUT2D eigenvalue weighted by atomic mass is 32.2. The number of hydrogen-bond acceptors (Lipinski definition) is 4. The largest absolute Gasteiger partial charge is 0.324 e. The Kier molecular flexibility index (Phi) is 3.28. The van der Waals surface area contributed by atoms with Crippen LogP contribution >= 0.6 is 0 Å². The van der Waals surface area contributed by atoms with Crippen LogP contribution < -0.4 is 5.32 Å². The topological polar surface area (TPSA) is 76.1 Å². The van der Waals surface area contributed by atoms with E-state index >= 15 is 0 Å². The lowest BCUT2D eigenvalue weighted by Gasteiger charge is -2.20. The number of hydrogen-bond donors (Lipinski definition) is 1. The molecule has 1 aromatic rings. The Morgan fingerprint density at radius 2 is 2.10 bits per heavy atom. The summed E-state index contributed by atoms with van der Waals surface area (Å²) in [5.74, 6) is 1.42. The summed E-state index contributed by atoms with van der Waals surface area (Å²) in [4.78, 5) is 16.1. The second-order valence-electron chi connectivity index (χ2n) is 5.93. The molecule has 3 unspecified atom stereocenters. The van der Waals surface area contributed by atoms with Gasteiger partial charge in [0.1, 0.15) is 0 Å². The van der Waals surface area contributed by atoms with Crippen molar-refractivity contribution in [1.29, 1.82) is 0 Å². The lowest BCUT2D eigenvalue weighted by Crippen LogP contribution is -2.27. The zero-order valence-corrected chi connectivity index (χ0v) is 12.2. The number of carbonyl (C=O) groups excluding carboxylic acids is 1. The number of nitrogens with one attached hydrogen (secondary N) is 1. The van der Waals surface area contributed by atoms with Crippen molar-refractivity contribution in [2.75, 3.05) is 11.6 Å². The SMILES string of the molecule is CS(=O)(=O)c1ccc(NC(=O)C2CC3CCC2C3)cn1. The summed E-state index contributed by atoms with van der Waals surface area (Å²) in [6.45, 7) is 0. The summed E-state index contributed by atoms with van der Waals surface area (Å²) in [7, 11) is -3.29. The number of nitrogens with zero attached hydrogens (tertiary/aromatic N) is 1. The van der Waals surface area contributed by atoms with E-state index in [2.05, 4.69) is 10.3 Å². The molecule has 108 valence electrons. The molecule has 20 heavy (non-hydrogen) atoms. The molecule has 6 heteroatoms. The molecule has 0 radical (unpaired) electrons. The van der Waals surface area contributed by atoms with Crippen LogP contribution in [0.3, 0.4) is 0 Å². The van der Waals surface area contributed by atoms with Crippen LogP contribution in [-0.2, 0) is 14.6 Å². The van der Waals surface area contributed by atoms with Crippen molar-refractivity contribution in [3.05, 3.63) is 18.3 Å². The van der Waals surface area contributed by atoms with Crippen LogP contribution in [0.2, 0.25) is 0 Å². The molecule has 0 spiro atoms. The van der Waals surface area contributed by atoms with E-state index in [-0.39, 0.29) is 16.9 Å². The lowest BCUT2D eigenvalue weighted by molar-refractivity contribution is -0.121. The average Bonchev–Trinajstić information content (AvgIpc) is 3.00. The predicted molar refractivity (Wildman–Crippen MR) is 74.9 cm³/mol. The molecule has 2 fully saturated rings. The molecule has 5 nitrogen and oxygen atoms in total. The highest BCUT2D eigenvalue weighted by Crippen LogP contribution is 2.48. The zero-order chi connectivity index (χ0) is 14.3. The van der Waals surface area contributed by atoms with E-state index in [1.54, 1.807) is 6.07 Å². The number of amides is 1. The number of fused-ring (bicyclic) bond motifs is 2. The van der Waals surface area contributed by atoms with Gasteiger partial charge in [-0.1, -0.05) is 6.42 Å². The van der Waals surface area contributed by atoms with Gasteiger partial charge in [0.05, 0.1) is 11.9 Å². The zero-order valence-electron chi connectivity index (χ0n) is 11.4. The van der Waals surface area contributed by atoms with Gasteiger partial charge in [-0.15, -0.1) is 0 Å². The summed E-state index contributed by atoms with van der Waals surface area (Å²) in [5.41, 5.74) is 0.560. The van der Waals surface area contributed by atoms with Crippen LogP contribution in [0.5, 0.6) is 0 Å². The number of carbonyl (C=O) groups is 1. The number of sulfone groups is 1. The van der Waals surface area contributed by atoms with Gasteiger partial charge in [0.2, 0.25) is 5.91 Å². The van der Waals surface area contributed by atoms with Crippen molar-refractivity contribution < 1.29 is 13.2 Å². The third-order valence-corrected chi connectivity index (χ3v) is 5.46. The Morgan fingerprint density at radius 1 is 1.30 bits per heavy atom. The Morgan fingerprint density at radius 3 is 2.60 bits per heavy atom. The van der Waals surface area contributed by atoms with Crippen LogP contribution in [0.15, 0.2) is 23.4 Å². The molecule has 3 rings (SSSR count). The first kappa shape index (κ1) is 13.5. The Labute approximate surface area is 118 Å². The van der Waals surface area contributed by atoms with E-state index in [0.29, 0.717) is 11.6 Å². The van der Waals surface area contributed by atoms with Gasteiger partial charge >= 0.3 is 0 Å². The number of rotatable bonds is 3. The fourth-order valence-corrected chi connectivity index (χ4v) is 4.03. The van der Waals surface area contributed by atoms with Crippen molar-refractivity contribution in [1.82, 2.24) is 4.98 Å². The molecular formula is C14H18N2O3S. The third-order valence-electron chi connectivity index (χ3n) is 4.46. The maximum atomic E-state index is 12.2. The minimum atomic E-state index is -3.29. The first-order valence-corrected chi connectivity index (χ1v) is 8.79. The summed E-state index contributed by atoms with van der Waals surface area (Å²) in [6.07, 6.45) is 7.12. The van der Waals surface area contributed by atoms with E-state index in [9.17, 15) is 13.2 Å². The van der Waals surface area contributed by atoms with Gasteiger partial charge in [0.25, 0.3) is 0 Å². The third kappa shape index (κ3) is 2.57. The van der Waals surface area contributed by atoms with Crippen LogP contribution in [0.4, 0.5) is 5.69 Å². The highest BCUT2D eigenvalue weighted by molar-refractivity contribution is 7.90. The van der Waals surface area contributed by atoms with E-state index < -0.39 is 9.84 Å². The van der Waals surface area contributed by atoms with Crippen molar-refractivity contribution in [2.24, 2.45) is 17.8 Å². The van der Waals surface area contributed by atoms with Gasteiger partial charge in [-0.25, -0.2) is 13.4 Å². The Hall–Kier alpha value is -1.43. The monoisotopic (exact) mass is 294 g/mol. The quantitative estimate of drug-likeness (QED) is 0.923. The smallest absolute Gasteiger partial charge is 0.227 e. The molecule has 1 heterocycles. The van der Waals surface area contributed by atoms with Gasteiger partial charge in [0, 0.05) is 12.2 Å². The molecule has 0 aliphatic heterocycles. The summed E-state index contributed by atoms with van der Waals surface area (Å²) >= 11 is 0. The van der Waals surface area contributed by atoms with Crippen molar-refractivity contribution in [3.63, 3.8) is 0 Å². The normalized spacial score (nSPS) is 28.6. The Bertz CT molecular complexity index is 624. The van der Waals surface area contributed by atoms with Crippen molar-refractivity contribution in [2.45, 2.75) is 30.7 Å². The van der Waals surface area contributed by atoms with Crippen LogP contribution in [0.25, 0.3) is 0 Å². The first-order chi connectivity index (χ1) is 9.43. The van der Waals surface area contributed by atoms with Crippen LogP contribution in [0, 0.1) is 17.8 Å². The molecule has 2 aliphatic carbocycles. The van der Waals surface area contributed by atoms with Gasteiger partial charge in [-0.2, -0.15) is 0 Å². The average molecular weight is 294 g/mol. The maximum absolute atomic E-state index is 12.2. The number of pyridine rings is 1. The van der Waals surface area contributed by atoms with E-state index in [1.807, 2.05) is 0 Å². The van der Waals surface area contributed by atoms with Gasteiger partial charge in [0.15, 0.2) is 14.9 Å². The van der Waals surface area contributed by atoms with Crippen LogP contribution in [-0.4, -0.2) is 25.6 Å². The fourth-order valence-electron chi connectivity index (χ4n) is 3.47. The minimum absolute atomic E-state index is 0.0235. The molecule has 1 amide bonds. The minimum Gasteiger partial charge on any atom is -0.324 e. The molecule has 1 N–H and O–H groups in total. The van der Waals surface area contributed by atoms with Crippen molar-refractivity contribution in [3.8, 4) is 0 Å². The summed E-state index contributed by atoms with van der Waals surface area (Å²) < 4.78 is 22.6. The molecule has 0 saturated heterocycles. The molecule has 2 saturated carbocycles.